The smallest absolute Gasteiger partial charge is 0.191 e. The van der Waals surface area contributed by atoms with E-state index < -0.39 is 14.6 Å². The quantitative estimate of drug-likeness (QED) is 0.798. The van der Waals surface area contributed by atoms with Gasteiger partial charge in [-0.25, -0.2) is 8.42 Å². The van der Waals surface area contributed by atoms with Crippen molar-refractivity contribution >= 4 is 21.6 Å². The first-order valence-corrected chi connectivity index (χ1v) is 8.26. The zero-order valence-corrected chi connectivity index (χ0v) is 12.8. The second kappa shape index (κ2) is 5.58. The molecule has 0 unspecified atom stereocenters. The lowest BCUT2D eigenvalue weighted by Gasteiger charge is -2.18. The van der Waals surface area contributed by atoms with Crippen molar-refractivity contribution in [2.24, 2.45) is 12.8 Å². The van der Waals surface area contributed by atoms with Gasteiger partial charge in [0.1, 0.15) is 5.82 Å². The van der Waals surface area contributed by atoms with Crippen LogP contribution in [0.1, 0.15) is 26.6 Å². The summed E-state index contributed by atoms with van der Waals surface area (Å²) in [6.45, 7) is 5.45. The molecule has 8 heteroatoms. The first kappa shape index (κ1) is 15.5. The van der Waals surface area contributed by atoms with Crippen LogP contribution < -0.4 is 5.73 Å². The summed E-state index contributed by atoms with van der Waals surface area (Å²) in [7, 11) is -1.26. The second-order valence-electron chi connectivity index (χ2n) is 4.94. The van der Waals surface area contributed by atoms with E-state index in [1.807, 2.05) is 7.05 Å². The molecule has 0 fully saturated rings. The summed E-state index contributed by atoms with van der Waals surface area (Å²) in [6.07, 6.45) is 0. The molecule has 0 saturated carbocycles. The molecule has 0 radical (unpaired) electrons. The van der Waals surface area contributed by atoms with E-state index in [0.29, 0.717) is 23.3 Å². The van der Waals surface area contributed by atoms with Gasteiger partial charge in [0.05, 0.1) is 17.0 Å². The van der Waals surface area contributed by atoms with E-state index in [1.165, 1.54) is 11.8 Å². The van der Waals surface area contributed by atoms with Gasteiger partial charge in [-0.1, -0.05) is 11.8 Å². The molecule has 0 aliphatic rings. The summed E-state index contributed by atoms with van der Waals surface area (Å²) in [6, 6.07) is 0. The summed E-state index contributed by atoms with van der Waals surface area (Å²) >= 11 is 1.38. The lowest BCUT2D eigenvalue weighted by Crippen LogP contribution is -2.31. The maximum atomic E-state index is 11.9. The van der Waals surface area contributed by atoms with Gasteiger partial charge >= 0.3 is 0 Å². The molecule has 0 spiro atoms. The molecular formula is C10H20N4O2S2. The average Bonchev–Trinajstić information content (AvgIpc) is 2.58. The molecule has 18 heavy (non-hydrogen) atoms. The molecular weight excluding hydrogens is 272 g/mol. The summed E-state index contributed by atoms with van der Waals surface area (Å²) in [5, 5.41) is 8.58. The SMILES string of the molecule is Cn1c(CN)nnc1SCCS(=O)(=O)C(C)(C)C. The predicted octanol–water partition coefficient (Wildman–Crippen LogP) is 0.579. The van der Waals surface area contributed by atoms with Crippen LogP contribution in [-0.2, 0) is 23.4 Å². The van der Waals surface area contributed by atoms with Crippen LogP contribution in [0.4, 0.5) is 0 Å². The van der Waals surface area contributed by atoms with Crippen molar-refractivity contribution in [3.05, 3.63) is 5.82 Å². The lowest BCUT2D eigenvalue weighted by molar-refractivity contribution is 0.562. The Kier molecular flexibility index (Phi) is 4.79. The highest BCUT2D eigenvalue weighted by Gasteiger charge is 2.28. The van der Waals surface area contributed by atoms with E-state index in [2.05, 4.69) is 10.2 Å². The average molecular weight is 292 g/mol. The van der Waals surface area contributed by atoms with Crippen molar-refractivity contribution < 1.29 is 8.42 Å². The number of aromatic nitrogens is 3. The van der Waals surface area contributed by atoms with Gasteiger partial charge in [-0.3, -0.25) is 0 Å². The van der Waals surface area contributed by atoms with Gasteiger partial charge in [-0.15, -0.1) is 10.2 Å². The fraction of sp³-hybridized carbons (Fsp3) is 0.800. The largest absolute Gasteiger partial charge is 0.324 e. The molecule has 2 N–H and O–H groups in total. The number of nitrogens with zero attached hydrogens (tertiary/aromatic N) is 3. The molecule has 0 aliphatic carbocycles. The Balaban J connectivity index is 2.60. The van der Waals surface area contributed by atoms with Gasteiger partial charge in [0, 0.05) is 12.8 Å². The van der Waals surface area contributed by atoms with Gasteiger partial charge in [0.15, 0.2) is 15.0 Å². The van der Waals surface area contributed by atoms with E-state index in [1.54, 1.807) is 25.3 Å². The van der Waals surface area contributed by atoms with E-state index in [-0.39, 0.29) is 5.75 Å². The summed E-state index contributed by atoms with van der Waals surface area (Å²) in [5.41, 5.74) is 5.49. The molecule has 1 aromatic rings. The Morgan fingerprint density at radius 3 is 2.39 bits per heavy atom. The molecule has 0 aliphatic heterocycles. The van der Waals surface area contributed by atoms with Gasteiger partial charge < -0.3 is 10.3 Å². The molecule has 1 heterocycles. The van der Waals surface area contributed by atoms with Gasteiger partial charge in [-0.2, -0.15) is 0 Å². The minimum absolute atomic E-state index is 0.131. The van der Waals surface area contributed by atoms with E-state index in [9.17, 15) is 8.42 Å². The third kappa shape index (κ3) is 3.46. The van der Waals surface area contributed by atoms with Crippen LogP contribution in [0.15, 0.2) is 5.16 Å². The molecule has 0 aromatic carbocycles. The first-order valence-electron chi connectivity index (χ1n) is 5.62. The van der Waals surface area contributed by atoms with Crippen LogP contribution in [0.3, 0.4) is 0 Å². The van der Waals surface area contributed by atoms with Gasteiger partial charge in [0.2, 0.25) is 0 Å². The van der Waals surface area contributed by atoms with Crippen LogP contribution >= 0.6 is 11.8 Å². The Bertz CT molecular complexity index is 502. The zero-order valence-electron chi connectivity index (χ0n) is 11.2. The van der Waals surface area contributed by atoms with Crippen LogP contribution in [-0.4, -0.2) is 39.4 Å². The Morgan fingerprint density at radius 2 is 1.94 bits per heavy atom. The second-order valence-corrected chi connectivity index (χ2v) is 8.87. The number of thioether (sulfide) groups is 1. The van der Waals surface area contributed by atoms with E-state index in [4.69, 9.17) is 5.73 Å². The Hall–Kier alpha value is -0.600. The fourth-order valence-corrected chi connectivity index (χ4v) is 3.60. The number of sulfone groups is 1. The Morgan fingerprint density at radius 1 is 1.33 bits per heavy atom. The fourth-order valence-electron chi connectivity index (χ4n) is 1.20. The molecule has 6 nitrogen and oxygen atoms in total. The number of nitrogens with two attached hydrogens (primary N) is 1. The molecule has 0 atom stereocenters. The van der Waals surface area contributed by atoms with Crippen LogP contribution in [0.5, 0.6) is 0 Å². The molecule has 0 bridgehead atoms. The molecule has 0 amide bonds. The van der Waals surface area contributed by atoms with Crippen molar-refractivity contribution in [2.45, 2.75) is 37.2 Å². The highest BCUT2D eigenvalue weighted by atomic mass is 32.2. The molecule has 1 rings (SSSR count). The topological polar surface area (TPSA) is 90.9 Å². The number of hydrogen-bond acceptors (Lipinski definition) is 6. The standard InChI is InChI=1S/C10H20N4O2S2/c1-10(2,3)18(15,16)6-5-17-9-13-12-8(7-11)14(9)4/h5-7,11H2,1-4H3. The van der Waals surface area contributed by atoms with Crippen molar-refractivity contribution in [3.63, 3.8) is 0 Å². The number of rotatable bonds is 5. The minimum Gasteiger partial charge on any atom is -0.324 e. The maximum Gasteiger partial charge on any atom is 0.191 e. The van der Waals surface area contributed by atoms with Crippen molar-refractivity contribution in [2.75, 3.05) is 11.5 Å². The summed E-state index contributed by atoms with van der Waals surface area (Å²) < 4.78 is 24.9. The monoisotopic (exact) mass is 292 g/mol. The zero-order chi connectivity index (χ0) is 14.0. The highest BCUT2D eigenvalue weighted by Crippen LogP contribution is 2.20. The van der Waals surface area contributed by atoms with Gasteiger partial charge in [0.25, 0.3) is 0 Å². The Labute approximate surface area is 112 Å². The van der Waals surface area contributed by atoms with E-state index >= 15 is 0 Å². The summed E-state index contributed by atoms with van der Waals surface area (Å²) in [5.74, 6) is 1.29. The highest BCUT2D eigenvalue weighted by molar-refractivity contribution is 8.00. The van der Waals surface area contributed by atoms with Crippen LogP contribution in [0.2, 0.25) is 0 Å². The van der Waals surface area contributed by atoms with Crippen molar-refractivity contribution in [1.82, 2.24) is 14.8 Å². The molecule has 1 aromatic heterocycles. The summed E-state index contributed by atoms with van der Waals surface area (Å²) in [4.78, 5) is 0. The van der Waals surface area contributed by atoms with Gasteiger partial charge in [-0.05, 0) is 20.8 Å². The van der Waals surface area contributed by atoms with Crippen LogP contribution in [0.25, 0.3) is 0 Å². The van der Waals surface area contributed by atoms with Crippen molar-refractivity contribution in [1.29, 1.82) is 0 Å². The normalized spacial score (nSPS) is 12.9. The van der Waals surface area contributed by atoms with E-state index in [0.717, 1.165) is 0 Å². The molecule has 0 saturated heterocycles. The van der Waals surface area contributed by atoms with Crippen molar-refractivity contribution in [3.8, 4) is 0 Å². The minimum atomic E-state index is -3.08. The predicted molar refractivity (Wildman–Crippen MR) is 73.2 cm³/mol. The third-order valence-electron chi connectivity index (χ3n) is 2.62. The maximum absolute atomic E-state index is 11.9. The molecule has 104 valence electrons. The van der Waals surface area contributed by atoms with Crippen LogP contribution in [0, 0.1) is 0 Å². The lowest BCUT2D eigenvalue weighted by atomic mass is 10.3. The third-order valence-corrected chi connectivity index (χ3v) is 6.51. The number of hydrogen-bond donors (Lipinski definition) is 1. The first-order chi connectivity index (χ1) is 8.19.